The Balaban J connectivity index is 1.73. The highest BCUT2D eigenvalue weighted by Gasteiger charge is 2.41. The first-order valence-electron chi connectivity index (χ1n) is 9.25. The van der Waals surface area contributed by atoms with E-state index >= 15 is 0 Å². The molecule has 0 radical (unpaired) electrons. The summed E-state index contributed by atoms with van der Waals surface area (Å²) in [6, 6.07) is 4.84. The minimum absolute atomic E-state index is 0.00541. The van der Waals surface area contributed by atoms with Gasteiger partial charge in [-0.15, -0.1) is 0 Å². The zero-order valence-corrected chi connectivity index (χ0v) is 15.5. The Morgan fingerprint density at radius 2 is 1.79 bits per heavy atom. The molecule has 0 aliphatic carbocycles. The molecule has 1 aliphatic heterocycles. The summed E-state index contributed by atoms with van der Waals surface area (Å²) in [7, 11) is 0. The van der Waals surface area contributed by atoms with Gasteiger partial charge in [-0.2, -0.15) is 18.3 Å². The van der Waals surface area contributed by atoms with E-state index in [0.29, 0.717) is 17.8 Å². The topological polar surface area (TPSA) is 67.2 Å². The van der Waals surface area contributed by atoms with E-state index in [1.165, 1.54) is 12.1 Å². The van der Waals surface area contributed by atoms with E-state index in [-0.39, 0.29) is 18.9 Å². The molecule has 0 unspecified atom stereocenters. The third-order valence-corrected chi connectivity index (χ3v) is 4.70. The molecule has 29 heavy (non-hydrogen) atoms. The second-order valence-corrected chi connectivity index (χ2v) is 6.72. The summed E-state index contributed by atoms with van der Waals surface area (Å²) in [5, 5.41) is 5.90. The van der Waals surface area contributed by atoms with Crippen LogP contribution < -0.4 is 5.32 Å². The van der Waals surface area contributed by atoms with Gasteiger partial charge in [-0.05, 0) is 31.4 Å². The number of alkyl halides is 3. The van der Waals surface area contributed by atoms with Gasteiger partial charge < -0.3 is 10.2 Å². The fraction of sp³-hybridized carbons (Fsp3) is 0.421. The van der Waals surface area contributed by atoms with Crippen molar-refractivity contribution in [2.45, 2.75) is 31.9 Å². The van der Waals surface area contributed by atoms with Gasteiger partial charge in [0.05, 0.1) is 11.8 Å². The first kappa shape index (κ1) is 20.8. The predicted octanol–water partition coefficient (Wildman–Crippen LogP) is 3.16. The summed E-state index contributed by atoms with van der Waals surface area (Å²) in [5.74, 6) is -2.07. The Morgan fingerprint density at radius 1 is 1.10 bits per heavy atom. The largest absolute Gasteiger partial charge is 0.434 e. The number of piperidine rings is 1. The number of hydrogen-bond acceptors (Lipinski definition) is 3. The maximum absolute atomic E-state index is 14.0. The van der Waals surface area contributed by atoms with Gasteiger partial charge in [0, 0.05) is 26.1 Å². The molecule has 3 rings (SSSR count). The first-order valence-corrected chi connectivity index (χ1v) is 9.25. The zero-order valence-electron chi connectivity index (χ0n) is 15.5. The molecule has 6 nitrogen and oxygen atoms in total. The van der Waals surface area contributed by atoms with Crippen LogP contribution in [0.3, 0.4) is 0 Å². The molecule has 1 saturated heterocycles. The van der Waals surface area contributed by atoms with Crippen molar-refractivity contribution in [2.75, 3.05) is 19.6 Å². The molecule has 10 heteroatoms. The lowest BCUT2D eigenvalue weighted by Gasteiger charge is -2.26. The molecule has 1 aromatic heterocycles. The number of halogens is 4. The molecule has 2 heterocycles. The fourth-order valence-corrected chi connectivity index (χ4v) is 3.27. The Bertz CT molecular complexity index is 889. The molecule has 1 aromatic carbocycles. The van der Waals surface area contributed by atoms with Gasteiger partial charge in [-0.3, -0.25) is 9.59 Å². The molecule has 0 saturated carbocycles. The van der Waals surface area contributed by atoms with Gasteiger partial charge in [-0.1, -0.05) is 12.1 Å². The van der Waals surface area contributed by atoms with Crippen molar-refractivity contribution in [3.05, 3.63) is 47.5 Å². The predicted molar refractivity (Wildman–Crippen MR) is 95.9 cm³/mol. The van der Waals surface area contributed by atoms with Crippen LogP contribution >= 0.6 is 0 Å². The number of rotatable bonds is 5. The molecule has 2 aromatic rings. The lowest BCUT2D eigenvalue weighted by atomic mass is 10.1. The number of para-hydroxylation sites is 1. The smallest absolute Gasteiger partial charge is 0.351 e. The fourth-order valence-electron chi connectivity index (χ4n) is 3.27. The highest BCUT2D eigenvalue weighted by atomic mass is 19.4. The van der Waals surface area contributed by atoms with Crippen molar-refractivity contribution in [1.82, 2.24) is 20.0 Å². The number of carbonyl (C=O) groups excluding carboxylic acids is 2. The van der Waals surface area contributed by atoms with Crippen molar-refractivity contribution in [3.63, 3.8) is 0 Å². The van der Waals surface area contributed by atoms with Gasteiger partial charge in [0.15, 0.2) is 5.69 Å². The van der Waals surface area contributed by atoms with Crippen LogP contribution in [0.5, 0.6) is 0 Å². The lowest BCUT2D eigenvalue weighted by molar-refractivity contribution is -0.143. The van der Waals surface area contributed by atoms with Crippen LogP contribution in [0.4, 0.5) is 17.6 Å². The van der Waals surface area contributed by atoms with Crippen LogP contribution in [-0.2, 0) is 11.0 Å². The number of aromatic nitrogens is 2. The lowest BCUT2D eigenvalue weighted by Crippen LogP contribution is -2.38. The maximum Gasteiger partial charge on any atom is 0.434 e. The maximum atomic E-state index is 14.0. The monoisotopic (exact) mass is 412 g/mol. The quantitative estimate of drug-likeness (QED) is 0.768. The molecule has 1 fully saturated rings. The van der Waals surface area contributed by atoms with E-state index in [1.807, 2.05) is 0 Å². The minimum Gasteiger partial charge on any atom is -0.351 e. The summed E-state index contributed by atoms with van der Waals surface area (Å²) in [4.78, 5) is 26.1. The second-order valence-electron chi connectivity index (χ2n) is 6.72. The summed E-state index contributed by atoms with van der Waals surface area (Å²) >= 11 is 0. The van der Waals surface area contributed by atoms with E-state index in [4.69, 9.17) is 0 Å². The Kier molecular flexibility index (Phi) is 6.19. The molecule has 0 spiro atoms. The molecular weight excluding hydrogens is 392 g/mol. The van der Waals surface area contributed by atoms with E-state index in [9.17, 15) is 27.2 Å². The number of hydrogen-bond donors (Lipinski definition) is 1. The highest BCUT2D eigenvalue weighted by Crippen LogP contribution is 2.34. The van der Waals surface area contributed by atoms with E-state index < -0.39 is 34.8 Å². The average Bonchev–Trinajstić information content (AvgIpc) is 3.14. The number of likely N-dealkylation sites (tertiary alicyclic amines) is 1. The molecular formula is C19H20F4N4O2. The van der Waals surface area contributed by atoms with E-state index in [0.717, 1.165) is 37.6 Å². The van der Waals surface area contributed by atoms with Crippen molar-refractivity contribution in [3.8, 4) is 5.69 Å². The van der Waals surface area contributed by atoms with Crippen molar-refractivity contribution >= 4 is 11.8 Å². The number of carbonyl (C=O) groups is 2. The number of amides is 2. The van der Waals surface area contributed by atoms with Crippen LogP contribution in [-0.4, -0.2) is 46.1 Å². The third kappa shape index (κ3) is 4.75. The Morgan fingerprint density at radius 3 is 2.45 bits per heavy atom. The zero-order chi connectivity index (χ0) is 21.0. The molecule has 1 aliphatic rings. The van der Waals surface area contributed by atoms with E-state index in [1.54, 1.807) is 4.90 Å². The summed E-state index contributed by atoms with van der Waals surface area (Å²) in [6.45, 7) is 1.21. The van der Waals surface area contributed by atoms with Crippen LogP contribution in [0.2, 0.25) is 0 Å². The molecule has 156 valence electrons. The Hall–Kier alpha value is -2.91. The van der Waals surface area contributed by atoms with Crippen molar-refractivity contribution < 1.29 is 27.2 Å². The highest BCUT2D eigenvalue weighted by molar-refractivity contribution is 5.95. The standard InChI is InChI=1S/C19H20F4N4O2/c20-14-6-2-3-7-15(14)27-17(19(21,22)23)13(12-25-27)18(29)24-9-8-16(28)26-10-4-1-5-11-26/h2-3,6-7,12H,1,4-5,8-11H2,(H,24,29). The SMILES string of the molecule is O=C(NCCC(=O)N1CCCCC1)c1cnn(-c2ccccc2F)c1C(F)(F)F. The van der Waals surface area contributed by atoms with Gasteiger partial charge in [0.2, 0.25) is 5.91 Å². The molecule has 0 bridgehead atoms. The average molecular weight is 412 g/mol. The summed E-state index contributed by atoms with van der Waals surface area (Å²) in [5.41, 5.74) is -2.52. The van der Waals surface area contributed by atoms with Crippen LogP contribution in [0.15, 0.2) is 30.5 Å². The van der Waals surface area contributed by atoms with Gasteiger partial charge in [-0.25, -0.2) is 9.07 Å². The van der Waals surface area contributed by atoms with Gasteiger partial charge in [0.25, 0.3) is 5.91 Å². The Labute approximate surface area is 164 Å². The van der Waals surface area contributed by atoms with E-state index in [2.05, 4.69) is 10.4 Å². The summed E-state index contributed by atoms with van der Waals surface area (Å²) < 4.78 is 55.1. The molecule has 1 N–H and O–H groups in total. The van der Waals surface area contributed by atoms with Gasteiger partial charge in [0.1, 0.15) is 11.5 Å². The third-order valence-electron chi connectivity index (χ3n) is 4.70. The van der Waals surface area contributed by atoms with Crippen molar-refractivity contribution in [2.24, 2.45) is 0 Å². The molecule has 0 atom stereocenters. The van der Waals surface area contributed by atoms with Crippen molar-refractivity contribution in [1.29, 1.82) is 0 Å². The minimum atomic E-state index is -4.94. The van der Waals surface area contributed by atoms with Crippen LogP contribution in [0.1, 0.15) is 41.7 Å². The number of nitrogens with zero attached hydrogens (tertiary/aromatic N) is 3. The molecule has 2 amide bonds. The number of nitrogens with one attached hydrogen (secondary N) is 1. The second kappa shape index (κ2) is 8.62. The van der Waals surface area contributed by atoms with Crippen LogP contribution in [0.25, 0.3) is 5.69 Å². The normalized spacial score (nSPS) is 14.7. The number of benzene rings is 1. The van der Waals surface area contributed by atoms with Gasteiger partial charge >= 0.3 is 6.18 Å². The summed E-state index contributed by atoms with van der Waals surface area (Å²) in [6.07, 6.45) is -1.29. The van der Waals surface area contributed by atoms with Crippen LogP contribution in [0, 0.1) is 5.82 Å². The first-order chi connectivity index (χ1) is 13.8.